The fraction of sp³-hybridized carbons (Fsp3) is 0.0833. The molecule has 1 aromatic heterocycles. The Balaban J connectivity index is 2.02. The normalized spacial score (nSPS) is 9.53. The molecule has 0 unspecified atom stereocenters. The van der Waals surface area contributed by atoms with Gasteiger partial charge in [-0.15, -0.1) is 0 Å². The molecule has 1 aromatic carbocycles. The van der Waals surface area contributed by atoms with Gasteiger partial charge in [-0.05, 0) is 40.6 Å². The average Bonchev–Trinajstić information content (AvgIpc) is 2.79. The Morgan fingerprint density at radius 2 is 2.27 bits per heavy atom. The first-order chi connectivity index (χ1) is 7.38. The molecule has 0 aliphatic heterocycles. The zero-order valence-electron chi connectivity index (χ0n) is 8.01. The van der Waals surface area contributed by atoms with Crippen LogP contribution >= 0.6 is 11.3 Å². The van der Waals surface area contributed by atoms with E-state index in [2.05, 4.69) is 6.07 Å². The van der Waals surface area contributed by atoms with Crippen molar-refractivity contribution in [3.8, 4) is 11.8 Å². The lowest BCUT2D eigenvalue weighted by Crippen LogP contribution is -1.93. The number of ether oxygens (including phenoxy) is 1. The molecule has 0 amide bonds. The molecule has 0 bridgehead atoms. The van der Waals surface area contributed by atoms with Crippen LogP contribution in [0.5, 0.6) is 5.75 Å². The van der Waals surface area contributed by atoms with Gasteiger partial charge < -0.3 is 4.74 Å². The SMILES string of the molecule is N#Cc1cccc(OCc2ccsc2)c1. The van der Waals surface area contributed by atoms with Gasteiger partial charge in [-0.1, -0.05) is 6.07 Å². The van der Waals surface area contributed by atoms with Crippen molar-refractivity contribution in [3.63, 3.8) is 0 Å². The molecular weight excluding hydrogens is 206 g/mol. The Labute approximate surface area is 92.4 Å². The molecule has 0 fully saturated rings. The van der Waals surface area contributed by atoms with Crippen LogP contribution in [-0.4, -0.2) is 0 Å². The molecule has 0 saturated carbocycles. The van der Waals surface area contributed by atoms with E-state index in [1.54, 1.807) is 23.5 Å². The molecule has 2 aromatic rings. The number of rotatable bonds is 3. The third-order valence-corrected chi connectivity index (χ3v) is 2.68. The summed E-state index contributed by atoms with van der Waals surface area (Å²) in [6.45, 7) is 0.554. The summed E-state index contributed by atoms with van der Waals surface area (Å²) in [5, 5.41) is 12.8. The van der Waals surface area contributed by atoms with Gasteiger partial charge in [-0.3, -0.25) is 0 Å². The van der Waals surface area contributed by atoms with Crippen molar-refractivity contribution < 1.29 is 4.74 Å². The van der Waals surface area contributed by atoms with E-state index in [-0.39, 0.29) is 0 Å². The molecule has 1 heterocycles. The number of nitrogens with zero attached hydrogens (tertiary/aromatic N) is 1. The van der Waals surface area contributed by atoms with Crippen LogP contribution < -0.4 is 4.74 Å². The van der Waals surface area contributed by atoms with Crippen molar-refractivity contribution in [1.29, 1.82) is 5.26 Å². The van der Waals surface area contributed by atoms with E-state index >= 15 is 0 Å². The maximum absolute atomic E-state index is 8.71. The number of hydrogen-bond donors (Lipinski definition) is 0. The van der Waals surface area contributed by atoms with Crippen LogP contribution in [0.2, 0.25) is 0 Å². The molecule has 15 heavy (non-hydrogen) atoms. The zero-order chi connectivity index (χ0) is 10.5. The van der Waals surface area contributed by atoms with Crippen molar-refractivity contribution in [2.24, 2.45) is 0 Å². The summed E-state index contributed by atoms with van der Waals surface area (Å²) in [6.07, 6.45) is 0. The molecule has 0 saturated heterocycles. The highest BCUT2D eigenvalue weighted by atomic mass is 32.1. The van der Waals surface area contributed by atoms with Gasteiger partial charge in [0.05, 0.1) is 11.6 Å². The van der Waals surface area contributed by atoms with Crippen molar-refractivity contribution in [2.75, 3.05) is 0 Å². The van der Waals surface area contributed by atoms with Crippen LogP contribution in [-0.2, 0) is 6.61 Å². The quantitative estimate of drug-likeness (QED) is 0.787. The lowest BCUT2D eigenvalue weighted by Gasteiger charge is -2.04. The topological polar surface area (TPSA) is 33.0 Å². The van der Waals surface area contributed by atoms with Gasteiger partial charge >= 0.3 is 0 Å². The van der Waals surface area contributed by atoms with Gasteiger partial charge in [-0.25, -0.2) is 0 Å². The third kappa shape index (κ3) is 2.58. The standard InChI is InChI=1S/C12H9NOS/c13-7-10-2-1-3-12(6-10)14-8-11-4-5-15-9-11/h1-6,9H,8H2. The molecule has 0 aliphatic rings. The Morgan fingerprint density at radius 1 is 1.33 bits per heavy atom. The van der Waals surface area contributed by atoms with Crippen LogP contribution in [0.1, 0.15) is 11.1 Å². The zero-order valence-corrected chi connectivity index (χ0v) is 8.83. The largest absolute Gasteiger partial charge is 0.489 e. The number of nitriles is 1. The molecule has 0 aliphatic carbocycles. The van der Waals surface area contributed by atoms with Gasteiger partial charge in [-0.2, -0.15) is 16.6 Å². The summed E-state index contributed by atoms with van der Waals surface area (Å²) in [5.74, 6) is 0.736. The smallest absolute Gasteiger partial charge is 0.121 e. The Morgan fingerprint density at radius 3 is 3.00 bits per heavy atom. The van der Waals surface area contributed by atoms with Gasteiger partial charge in [0.25, 0.3) is 0 Å². The minimum Gasteiger partial charge on any atom is -0.489 e. The minimum atomic E-state index is 0.554. The molecular formula is C12H9NOS. The lowest BCUT2D eigenvalue weighted by atomic mass is 10.2. The lowest BCUT2D eigenvalue weighted by molar-refractivity contribution is 0.306. The molecule has 74 valence electrons. The minimum absolute atomic E-state index is 0.554. The van der Waals surface area contributed by atoms with Crippen LogP contribution in [0.3, 0.4) is 0 Å². The van der Waals surface area contributed by atoms with E-state index in [0.717, 1.165) is 11.3 Å². The Bertz CT molecular complexity index is 471. The van der Waals surface area contributed by atoms with E-state index in [0.29, 0.717) is 12.2 Å². The highest BCUT2D eigenvalue weighted by molar-refractivity contribution is 7.07. The van der Waals surface area contributed by atoms with Gasteiger partial charge in [0.2, 0.25) is 0 Å². The highest BCUT2D eigenvalue weighted by Gasteiger charge is 1.97. The van der Waals surface area contributed by atoms with Crippen molar-refractivity contribution >= 4 is 11.3 Å². The second kappa shape index (κ2) is 4.63. The second-order valence-corrected chi connectivity index (χ2v) is 3.84. The summed E-state index contributed by atoms with van der Waals surface area (Å²) in [5.41, 5.74) is 1.78. The maximum atomic E-state index is 8.71. The monoisotopic (exact) mass is 215 g/mol. The van der Waals surface area contributed by atoms with Crippen LogP contribution in [0.25, 0.3) is 0 Å². The third-order valence-electron chi connectivity index (χ3n) is 1.95. The van der Waals surface area contributed by atoms with E-state index in [9.17, 15) is 0 Å². The van der Waals surface area contributed by atoms with Crippen LogP contribution in [0.4, 0.5) is 0 Å². The molecule has 2 rings (SSSR count). The summed E-state index contributed by atoms with van der Waals surface area (Å²) in [7, 11) is 0. The average molecular weight is 215 g/mol. The summed E-state index contributed by atoms with van der Waals surface area (Å²) in [4.78, 5) is 0. The summed E-state index contributed by atoms with van der Waals surface area (Å²) in [6, 6.07) is 11.3. The number of hydrogen-bond acceptors (Lipinski definition) is 3. The van der Waals surface area contributed by atoms with E-state index in [1.807, 2.05) is 29.0 Å². The van der Waals surface area contributed by atoms with Crippen LogP contribution in [0.15, 0.2) is 41.1 Å². The van der Waals surface area contributed by atoms with Gasteiger partial charge in [0.15, 0.2) is 0 Å². The van der Waals surface area contributed by atoms with Crippen molar-refractivity contribution in [1.82, 2.24) is 0 Å². The van der Waals surface area contributed by atoms with E-state index in [1.165, 1.54) is 0 Å². The molecule has 0 atom stereocenters. The predicted octanol–water partition coefficient (Wildman–Crippen LogP) is 3.20. The number of thiophene rings is 1. The van der Waals surface area contributed by atoms with E-state index < -0.39 is 0 Å². The fourth-order valence-electron chi connectivity index (χ4n) is 1.20. The molecule has 0 N–H and O–H groups in total. The van der Waals surface area contributed by atoms with Crippen LogP contribution in [0, 0.1) is 11.3 Å². The molecule has 2 nitrogen and oxygen atoms in total. The Kier molecular flexibility index (Phi) is 3.01. The number of benzene rings is 1. The Hall–Kier alpha value is -1.79. The fourth-order valence-corrected chi connectivity index (χ4v) is 1.85. The first-order valence-corrected chi connectivity index (χ1v) is 5.47. The molecule has 0 spiro atoms. The summed E-state index contributed by atoms with van der Waals surface area (Å²) < 4.78 is 5.55. The summed E-state index contributed by atoms with van der Waals surface area (Å²) >= 11 is 1.65. The van der Waals surface area contributed by atoms with Crippen molar-refractivity contribution in [3.05, 3.63) is 52.2 Å². The van der Waals surface area contributed by atoms with Crippen molar-refractivity contribution in [2.45, 2.75) is 6.61 Å². The molecule has 0 radical (unpaired) electrons. The maximum Gasteiger partial charge on any atom is 0.121 e. The first kappa shape index (κ1) is 9.75. The predicted molar refractivity (Wildman–Crippen MR) is 59.8 cm³/mol. The molecule has 3 heteroatoms. The van der Waals surface area contributed by atoms with Gasteiger partial charge in [0, 0.05) is 0 Å². The highest BCUT2D eigenvalue weighted by Crippen LogP contribution is 2.15. The van der Waals surface area contributed by atoms with Gasteiger partial charge in [0.1, 0.15) is 12.4 Å². The van der Waals surface area contributed by atoms with E-state index in [4.69, 9.17) is 10.00 Å². The first-order valence-electron chi connectivity index (χ1n) is 4.52. The second-order valence-electron chi connectivity index (χ2n) is 3.06.